The summed E-state index contributed by atoms with van der Waals surface area (Å²) in [6, 6.07) is 7.04. The summed E-state index contributed by atoms with van der Waals surface area (Å²) in [5, 5.41) is 12.9. The Balaban J connectivity index is 2.50. The monoisotopic (exact) mass is 295 g/mol. The fourth-order valence-electron chi connectivity index (χ4n) is 1.81. The van der Waals surface area contributed by atoms with Crippen LogP contribution in [0.2, 0.25) is 0 Å². The summed E-state index contributed by atoms with van der Waals surface area (Å²) in [5.74, 6) is 1.08. The van der Waals surface area contributed by atoms with Crippen LogP contribution in [-0.4, -0.2) is 36.4 Å². The van der Waals surface area contributed by atoms with Crippen molar-refractivity contribution in [2.24, 2.45) is 0 Å². The molecule has 0 saturated heterocycles. The summed E-state index contributed by atoms with van der Waals surface area (Å²) in [4.78, 5) is 12.0. The van der Waals surface area contributed by atoms with Gasteiger partial charge in [0.2, 0.25) is 0 Å². The molecular weight excluding hydrogens is 270 g/mol. The van der Waals surface area contributed by atoms with Gasteiger partial charge < -0.3 is 19.9 Å². The van der Waals surface area contributed by atoms with E-state index in [2.05, 4.69) is 5.32 Å². The minimum absolute atomic E-state index is 0.231. The standard InChI is InChI=1S/C16H25NO4/c1-5-16(19,6-2)11-17-15(18)12(3)21-14-9-7-13(20-4)8-10-14/h7-10,12,19H,5-6,11H2,1-4H3,(H,17,18). The van der Waals surface area contributed by atoms with Crippen LogP contribution in [0.15, 0.2) is 24.3 Å². The van der Waals surface area contributed by atoms with Crippen molar-refractivity contribution in [3.05, 3.63) is 24.3 Å². The van der Waals surface area contributed by atoms with Crippen molar-refractivity contribution in [1.29, 1.82) is 0 Å². The number of carbonyl (C=O) groups is 1. The molecule has 0 aromatic heterocycles. The molecule has 1 aromatic carbocycles. The van der Waals surface area contributed by atoms with Gasteiger partial charge in [-0.05, 0) is 44.0 Å². The lowest BCUT2D eigenvalue weighted by atomic mass is 9.97. The van der Waals surface area contributed by atoms with E-state index in [1.165, 1.54) is 0 Å². The van der Waals surface area contributed by atoms with Crippen LogP contribution in [0, 0.1) is 0 Å². The van der Waals surface area contributed by atoms with Crippen LogP contribution in [0.4, 0.5) is 0 Å². The summed E-state index contributed by atoms with van der Waals surface area (Å²) in [5.41, 5.74) is -0.852. The van der Waals surface area contributed by atoms with E-state index in [4.69, 9.17) is 9.47 Å². The first-order valence-electron chi connectivity index (χ1n) is 7.25. The Morgan fingerprint density at radius 3 is 2.24 bits per heavy atom. The molecule has 0 spiro atoms. The molecule has 1 amide bonds. The Bertz CT molecular complexity index is 440. The number of carbonyl (C=O) groups excluding carboxylic acids is 1. The Hall–Kier alpha value is -1.75. The van der Waals surface area contributed by atoms with Crippen molar-refractivity contribution in [3.8, 4) is 11.5 Å². The molecule has 0 radical (unpaired) electrons. The second-order valence-electron chi connectivity index (χ2n) is 5.08. The molecule has 1 unspecified atom stereocenters. The maximum atomic E-state index is 12.0. The summed E-state index contributed by atoms with van der Waals surface area (Å²) >= 11 is 0. The van der Waals surface area contributed by atoms with E-state index in [1.807, 2.05) is 13.8 Å². The Labute approximate surface area is 126 Å². The van der Waals surface area contributed by atoms with Gasteiger partial charge in [0.15, 0.2) is 6.10 Å². The first-order chi connectivity index (χ1) is 9.94. The van der Waals surface area contributed by atoms with E-state index < -0.39 is 11.7 Å². The minimum atomic E-state index is -0.852. The first kappa shape index (κ1) is 17.3. The number of hydrogen-bond donors (Lipinski definition) is 2. The molecule has 1 atom stereocenters. The van der Waals surface area contributed by atoms with Gasteiger partial charge >= 0.3 is 0 Å². The van der Waals surface area contributed by atoms with Gasteiger partial charge in [0.05, 0.1) is 12.7 Å². The van der Waals surface area contributed by atoms with Crippen molar-refractivity contribution in [1.82, 2.24) is 5.32 Å². The van der Waals surface area contributed by atoms with Gasteiger partial charge in [-0.2, -0.15) is 0 Å². The lowest BCUT2D eigenvalue weighted by molar-refractivity contribution is -0.128. The van der Waals surface area contributed by atoms with Crippen molar-refractivity contribution < 1.29 is 19.4 Å². The normalized spacial score (nSPS) is 12.6. The predicted molar refractivity (Wildman–Crippen MR) is 81.6 cm³/mol. The highest BCUT2D eigenvalue weighted by Crippen LogP contribution is 2.18. The molecule has 0 aliphatic carbocycles. The van der Waals surface area contributed by atoms with Crippen molar-refractivity contribution in [2.75, 3.05) is 13.7 Å². The molecule has 5 nitrogen and oxygen atoms in total. The van der Waals surface area contributed by atoms with Crippen LogP contribution in [0.3, 0.4) is 0 Å². The van der Waals surface area contributed by atoms with Gasteiger partial charge in [0.1, 0.15) is 11.5 Å². The quantitative estimate of drug-likeness (QED) is 0.771. The second kappa shape index (κ2) is 7.88. The lowest BCUT2D eigenvalue weighted by Gasteiger charge is -2.26. The topological polar surface area (TPSA) is 67.8 Å². The highest BCUT2D eigenvalue weighted by atomic mass is 16.5. The molecule has 2 N–H and O–H groups in total. The Kier molecular flexibility index (Phi) is 6.49. The van der Waals surface area contributed by atoms with Crippen LogP contribution < -0.4 is 14.8 Å². The summed E-state index contributed by atoms with van der Waals surface area (Å²) in [6.45, 7) is 5.70. The van der Waals surface area contributed by atoms with E-state index >= 15 is 0 Å². The first-order valence-corrected chi connectivity index (χ1v) is 7.25. The fraction of sp³-hybridized carbons (Fsp3) is 0.562. The number of ether oxygens (including phenoxy) is 2. The average Bonchev–Trinajstić information content (AvgIpc) is 2.52. The number of aliphatic hydroxyl groups is 1. The van der Waals surface area contributed by atoms with E-state index in [9.17, 15) is 9.90 Å². The smallest absolute Gasteiger partial charge is 0.260 e. The molecule has 118 valence electrons. The minimum Gasteiger partial charge on any atom is -0.497 e. The van der Waals surface area contributed by atoms with Gasteiger partial charge in [-0.25, -0.2) is 0 Å². The highest BCUT2D eigenvalue weighted by Gasteiger charge is 2.24. The predicted octanol–water partition coefficient (Wildman–Crippen LogP) is 2.13. The zero-order valence-electron chi connectivity index (χ0n) is 13.2. The summed E-state index contributed by atoms with van der Waals surface area (Å²) < 4.78 is 10.6. The number of hydrogen-bond acceptors (Lipinski definition) is 4. The van der Waals surface area contributed by atoms with Crippen LogP contribution in [-0.2, 0) is 4.79 Å². The SMILES string of the molecule is CCC(O)(CC)CNC(=O)C(C)Oc1ccc(OC)cc1. The molecular formula is C16H25NO4. The Morgan fingerprint density at radius 1 is 1.24 bits per heavy atom. The Morgan fingerprint density at radius 2 is 1.76 bits per heavy atom. The number of nitrogens with one attached hydrogen (secondary N) is 1. The second-order valence-corrected chi connectivity index (χ2v) is 5.08. The van der Waals surface area contributed by atoms with Gasteiger partial charge in [-0.1, -0.05) is 13.8 Å². The number of methoxy groups -OCH3 is 1. The van der Waals surface area contributed by atoms with Crippen molar-refractivity contribution in [3.63, 3.8) is 0 Å². The average molecular weight is 295 g/mol. The molecule has 0 heterocycles. The molecule has 0 fully saturated rings. The zero-order valence-corrected chi connectivity index (χ0v) is 13.2. The van der Waals surface area contributed by atoms with Crippen LogP contribution in [0.5, 0.6) is 11.5 Å². The van der Waals surface area contributed by atoms with E-state index in [0.29, 0.717) is 18.6 Å². The maximum absolute atomic E-state index is 12.0. The van der Waals surface area contributed by atoms with Crippen molar-refractivity contribution in [2.45, 2.75) is 45.3 Å². The molecule has 0 bridgehead atoms. The summed E-state index contributed by atoms with van der Waals surface area (Å²) in [6.07, 6.45) is 0.561. The van der Waals surface area contributed by atoms with Gasteiger partial charge in [-0.3, -0.25) is 4.79 Å². The largest absolute Gasteiger partial charge is 0.497 e. The van der Waals surface area contributed by atoms with Crippen LogP contribution >= 0.6 is 0 Å². The fourth-order valence-corrected chi connectivity index (χ4v) is 1.81. The van der Waals surface area contributed by atoms with E-state index in [0.717, 1.165) is 5.75 Å². The number of benzene rings is 1. The number of amides is 1. The van der Waals surface area contributed by atoms with Gasteiger partial charge in [0.25, 0.3) is 5.91 Å². The third-order valence-corrected chi connectivity index (χ3v) is 3.65. The zero-order chi connectivity index (χ0) is 15.9. The molecule has 0 aliphatic rings. The van der Waals surface area contributed by atoms with E-state index in [-0.39, 0.29) is 12.5 Å². The van der Waals surface area contributed by atoms with Gasteiger partial charge in [0, 0.05) is 6.54 Å². The highest BCUT2D eigenvalue weighted by molar-refractivity contribution is 5.80. The third kappa shape index (κ3) is 5.27. The van der Waals surface area contributed by atoms with Crippen molar-refractivity contribution >= 4 is 5.91 Å². The third-order valence-electron chi connectivity index (χ3n) is 3.65. The number of rotatable bonds is 8. The molecule has 0 saturated carbocycles. The van der Waals surface area contributed by atoms with Gasteiger partial charge in [-0.15, -0.1) is 0 Å². The molecule has 1 rings (SSSR count). The lowest BCUT2D eigenvalue weighted by Crippen LogP contribution is -2.46. The van der Waals surface area contributed by atoms with Crippen LogP contribution in [0.1, 0.15) is 33.6 Å². The summed E-state index contributed by atoms with van der Waals surface area (Å²) in [7, 11) is 1.59. The molecule has 5 heteroatoms. The maximum Gasteiger partial charge on any atom is 0.260 e. The molecule has 0 aliphatic heterocycles. The van der Waals surface area contributed by atoms with Crippen LogP contribution in [0.25, 0.3) is 0 Å². The molecule has 21 heavy (non-hydrogen) atoms. The molecule has 1 aromatic rings. The van der Waals surface area contributed by atoms with E-state index in [1.54, 1.807) is 38.3 Å².